The third kappa shape index (κ3) is 5.13. The number of aromatic nitrogens is 2. The Kier molecular flexibility index (Phi) is 8.06. The number of likely N-dealkylation sites (tertiary alicyclic amines) is 1. The first-order chi connectivity index (χ1) is 15.9. The Morgan fingerprint density at radius 1 is 1.03 bits per heavy atom. The van der Waals surface area contributed by atoms with Gasteiger partial charge in [0.05, 0.1) is 17.7 Å². The standard InChI is InChI=1S/C25H26FN3O4.ClH/c1-2-33-23(31)25(18-6-4-3-5-7-18)12-14-29(15-13-25)16-20-21(28-24(32)27-20)22(30)17-8-10-19(26)11-9-17;/h3-11H,2,12-16H2,1H3,(H2,27,28,32);1H. The van der Waals surface area contributed by atoms with Gasteiger partial charge in [-0.3, -0.25) is 14.5 Å². The molecule has 4 rings (SSSR count). The summed E-state index contributed by atoms with van der Waals surface area (Å²) in [6, 6.07) is 14.9. The number of carbonyl (C=O) groups excluding carboxylic acids is 2. The van der Waals surface area contributed by atoms with Crippen molar-refractivity contribution in [3.63, 3.8) is 0 Å². The molecule has 1 fully saturated rings. The summed E-state index contributed by atoms with van der Waals surface area (Å²) in [7, 11) is 0. The third-order valence-electron chi connectivity index (χ3n) is 6.22. The number of benzene rings is 2. The molecular weight excluding hydrogens is 461 g/mol. The topological polar surface area (TPSA) is 95.3 Å². The van der Waals surface area contributed by atoms with Crippen LogP contribution in [0.25, 0.3) is 0 Å². The molecule has 1 aromatic heterocycles. The molecule has 34 heavy (non-hydrogen) atoms. The molecule has 7 nitrogen and oxygen atoms in total. The van der Waals surface area contributed by atoms with Gasteiger partial charge in [0, 0.05) is 12.1 Å². The van der Waals surface area contributed by atoms with Gasteiger partial charge in [-0.25, -0.2) is 9.18 Å². The fourth-order valence-electron chi connectivity index (χ4n) is 4.43. The van der Waals surface area contributed by atoms with Gasteiger partial charge in [-0.2, -0.15) is 0 Å². The van der Waals surface area contributed by atoms with E-state index in [0.29, 0.717) is 44.8 Å². The molecular formula is C25H27ClFN3O4. The number of nitrogens with one attached hydrogen (secondary N) is 2. The Balaban J connectivity index is 0.00000324. The second-order valence-corrected chi connectivity index (χ2v) is 8.21. The van der Waals surface area contributed by atoms with E-state index in [1.54, 1.807) is 6.92 Å². The van der Waals surface area contributed by atoms with E-state index in [1.807, 2.05) is 30.3 Å². The average molecular weight is 488 g/mol. The zero-order chi connectivity index (χ0) is 23.4. The minimum atomic E-state index is -0.716. The van der Waals surface area contributed by atoms with Crippen molar-refractivity contribution < 1.29 is 18.7 Å². The number of nitrogens with zero attached hydrogens (tertiary/aromatic N) is 1. The predicted octanol–water partition coefficient (Wildman–Crippen LogP) is 3.59. The summed E-state index contributed by atoms with van der Waals surface area (Å²) >= 11 is 0. The number of hydrogen-bond acceptors (Lipinski definition) is 5. The number of H-pyrrole nitrogens is 2. The fraction of sp³-hybridized carbons (Fsp3) is 0.320. The molecule has 0 unspecified atom stereocenters. The predicted molar refractivity (Wildman–Crippen MR) is 128 cm³/mol. The molecule has 0 spiro atoms. The van der Waals surface area contributed by atoms with Crippen molar-refractivity contribution in [3.8, 4) is 0 Å². The molecule has 2 heterocycles. The minimum absolute atomic E-state index is 0. The number of rotatable bonds is 7. The summed E-state index contributed by atoms with van der Waals surface area (Å²) in [5, 5.41) is 0. The SMILES string of the molecule is CCOC(=O)C1(c2ccccc2)CCN(Cc2[nH]c(=O)[nH]c2C(=O)c2ccc(F)cc2)CC1.Cl. The van der Waals surface area contributed by atoms with Crippen molar-refractivity contribution in [1.29, 1.82) is 0 Å². The van der Waals surface area contributed by atoms with E-state index >= 15 is 0 Å². The Bertz CT molecular complexity index is 1180. The lowest BCUT2D eigenvalue weighted by atomic mass is 9.72. The molecule has 3 aromatic rings. The smallest absolute Gasteiger partial charge is 0.323 e. The first kappa shape index (κ1) is 25.4. The van der Waals surface area contributed by atoms with Crippen molar-refractivity contribution >= 4 is 24.2 Å². The van der Waals surface area contributed by atoms with Crippen molar-refractivity contribution in [3.05, 3.63) is 93.4 Å². The van der Waals surface area contributed by atoms with E-state index in [0.717, 1.165) is 5.56 Å². The van der Waals surface area contributed by atoms with Crippen molar-refractivity contribution in [1.82, 2.24) is 14.9 Å². The van der Waals surface area contributed by atoms with Gasteiger partial charge in [-0.1, -0.05) is 30.3 Å². The van der Waals surface area contributed by atoms with Crippen molar-refractivity contribution in [2.75, 3.05) is 19.7 Å². The van der Waals surface area contributed by atoms with Gasteiger partial charge >= 0.3 is 11.7 Å². The van der Waals surface area contributed by atoms with Crippen LogP contribution in [-0.2, 0) is 21.5 Å². The lowest BCUT2D eigenvalue weighted by Crippen LogP contribution is -2.48. The maximum absolute atomic E-state index is 13.2. The van der Waals surface area contributed by atoms with Gasteiger partial charge in [-0.05, 0) is 62.7 Å². The van der Waals surface area contributed by atoms with Crippen LogP contribution in [0.5, 0.6) is 0 Å². The zero-order valence-corrected chi connectivity index (χ0v) is 19.6. The van der Waals surface area contributed by atoms with E-state index in [4.69, 9.17) is 4.74 Å². The summed E-state index contributed by atoms with van der Waals surface area (Å²) in [5.41, 5.74) is 0.668. The third-order valence-corrected chi connectivity index (χ3v) is 6.22. The van der Waals surface area contributed by atoms with Gasteiger partial charge < -0.3 is 14.7 Å². The van der Waals surface area contributed by atoms with E-state index in [2.05, 4.69) is 14.9 Å². The van der Waals surface area contributed by atoms with Gasteiger partial charge in [0.25, 0.3) is 0 Å². The summed E-state index contributed by atoms with van der Waals surface area (Å²) in [4.78, 5) is 45.2. The van der Waals surface area contributed by atoms with Gasteiger partial charge in [0.15, 0.2) is 0 Å². The van der Waals surface area contributed by atoms with Crippen LogP contribution in [0.2, 0.25) is 0 Å². The molecule has 2 N–H and O–H groups in total. The number of aromatic amines is 2. The van der Waals surface area contributed by atoms with Gasteiger partial charge in [0.1, 0.15) is 11.5 Å². The zero-order valence-electron chi connectivity index (χ0n) is 18.8. The minimum Gasteiger partial charge on any atom is -0.465 e. The summed E-state index contributed by atoms with van der Waals surface area (Å²) in [6.07, 6.45) is 1.12. The highest BCUT2D eigenvalue weighted by Gasteiger charge is 2.44. The maximum atomic E-state index is 13.2. The quantitative estimate of drug-likeness (QED) is 0.392. The van der Waals surface area contributed by atoms with Crippen LogP contribution in [0.1, 0.15) is 47.1 Å². The number of ether oxygens (including phenoxy) is 1. The fourth-order valence-corrected chi connectivity index (χ4v) is 4.43. The lowest BCUT2D eigenvalue weighted by Gasteiger charge is -2.40. The molecule has 0 aliphatic carbocycles. The van der Waals surface area contributed by atoms with Crippen LogP contribution in [-0.4, -0.2) is 46.3 Å². The van der Waals surface area contributed by atoms with Crippen LogP contribution in [0.15, 0.2) is 59.4 Å². The highest BCUT2D eigenvalue weighted by atomic mass is 35.5. The molecule has 2 aromatic carbocycles. The van der Waals surface area contributed by atoms with Crippen LogP contribution in [0.4, 0.5) is 4.39 Å². The van der Waals surface area contributed by atoms with Crippen LogP contribution < -0.4 is 5.69 Å². The molecule has 0 amide bonds. The second kappa shape index (κ2) is 10.8. The second-order valence-electron chi connectivity index (χ2n) is 8.21. The Labute approximate surface area is 202 Å². The number of carbonyl (C=O) groups is 2. The van der Waals surface area contributed by atoms with E-state index < -0.39 is 16.9 Å². The van der Waals surface area contributed by atoms with Crippen LogP contribution >= 0.6 is 12.4 Å². The molecule has 9 heteroatoms. The number of piperidine rings is 1. The largest absolute Gasteiger partial charge is 0.465 e. The summed E-state index contributed by atoms with van der Waals surface area (Å²) in [5.74, 6) is -1.05. The number of imidazole rings is 1. The Hall–Kier alpha value is -3.23. The molecule has 0 saturated carbocycles. The molecule has 0 bridgehead atoms. The normalized spacial score (nSPS) is 15.4. The molecule has 1 saturated heterocycles. The first-order valence-corrected chi connectivity index (χ1v) is 11.0. The highest BCUT2D eigenvalue weighted by Crippen LogP contribution is 2.37. The van der Waals surface area contributed by atoms with Crippen molar-refractivity contribution in [2.24, 2.45) is 0 Å². The van der Waals surface area contributed by atoms with Crippen LogP contribution in [0.3, 0.4) is 0 Å². The molecule has 1 aliphatic rings. The maximum Gasteiger partial charge on any atom is 0.323 e. The van der Waals surface area contributed by atoms with Crippen LogP contribution in [0, 0.1) is 5.82 Å². The molecule has 1 aliphatic heterocycles. The molecule has 180 valence electrons. The van der Waals surface area contributed by atoms with Gasteiger partial charge in [-0.15, -0.1) is 12.4 Å². The number of esters is 1. The number of ketones is 1. The van der Waals surface area contributed by atoms with E-state index in [1.165, 1.54) is 24.3 Å². The lowest BCUT2D eigenvalue weighted by molar-refractivity contribution is -0.152. The van der Waals surface area contributed by atoms with Crippen molar-refractivity contribution in [2.45, 2.75) is 31.7 Å². The summed E-state index contributed by atoms with van der Waals surface area (Å²) < 4.78 is 18.6. The van der Waals surface area contributed by atoms with E-state index in [-0.39, 0.29) is 35.4 Å². The number of hydrogen-bond donors (Lipinski definition) is 2. The van der Waals surface area contributed by atoms with E-state index in [9.17, 15) is 18.8 Å². The number of halogens is 2. The Morgan fingerprint density at radius 3 is 2.29 bits per heavy atom. The highest BCUT2D eigenvalue weighted by molar-refractivity contribution is 6.08. The Morgan fingerprint density at radius 2 is 1.68 bits per heavy atom. The molecule has 0 atom stereocenters. The average Bonchev–Trinajstić information content (AvgIpc) is 3.20. The molecule has 0 radical (unpaired) electrons. The first-order valence-electron chi connectivity index (χ1n) is 11.0. The monoisotopic (exact) mass is 487 g/mol. The van der Waals surface area contributed by atoms with Gasteiger partial charge in [0.2, 0.25) is 5.78 Å². The summed E-state index contributed by atoms with van der Waals surface area (Å²) in [6.45, 7) is 3.63.